The lowest BCUT2D eigenvalue weighted by Gasteiger charge is -2.24. The van der Waals surface area contributed by atoms with E-state index in [1.165, 1.54) is 0 Å². The average molecular weight is 312 g/mol. The van der Waals surface area contributed by atoms with E-state index in [1.807, 2.05) is 13.8 Å². The summed E-state index contributed by atoms with van der Waals surface area (Å²) in [5, 5.41) is 26.9. The van der Waals surface area contributed by atoms with Crippen molar-refractivity contribution in [3.63, 3.8) is 0 Å². The van der Waals surface area contributed by atoms with Crippen LogP contribution in [0.15, 0.2) is 29.7 Å². The lowest BCUT2D eigenvalue weighted by Crippen LogP contribution is -2.21. The molecular formula is C16H16N4O3. The van der Waals surface area contributed by atoms with Crippen LogP contribution in [0.4, 0.5) is 0 Å². The fourth-order valence-corrected chi connectivity index (χ4v) is 2.75. The Labute approximate surface area is 132 Å². The number of aromatic nitrogens is 2. The van der Waals surface area contributed by atoms with Crippen LogP contribution in [0.25, 0.3) is 0 Å². The number of ether oxygens (including phenoxy) is 2. The summed E-state index contributed by atoms with van der Waals surface area (Å²) >= 11 is 0. The van der Waals surface area contributed by atoms with Gasteiger partial charge in [0.05, 0.1) is 12.5 Å². The SMILES string of the molecule is CCOc1cccc([C@@H]2C(C#N)=C(N)Oc3n[nH]c(C)c32)c1O. The highest BCUT2D eigenvalue weighted by atomic mass is 16.5. The van der Waals surface area contributed by atoms with Gasteiger partial charge in [-0.2, -0.15) is 5.26 Å². The highest BCUT2D eigenvalue weighted by Crippen LogP contribution is 2.47. The van der Waals surface area contributed by atoms with Crippen LogP contribution in [0.3, 0.4) is 0 Å². The van der Waals surface area contributed by atoms with E-state index in [1.54, 1.807) is 18.2 Å². The molecule has 1 aliphatic heterocycles. The second-order valence-electron chi connectivity index (χ2n) is 5.12. The van der Waals surface area contributed by atoms with Gasteiger partial charge in [0.1, 0.15) is 11.6 Å². The number of hydrogen-bond donors (Lipinski definition) is 3. The van der Waals surface area contributed by atoms with Crippen molar-refractivity contribution in [2.24, 2.45) is 5.73 Å². The van der Waals surface area contributed by atoms with Crippen molar-refractivity contribution in [1.29, 1.82) is 5.26 Å². The molecule has 4 N–H and O–H groups in total. The van der Waals surface area contributed by atoms with Gasteiger partial charge in [-0.15, -0.1) is 5.10 Å². The van der Waals surface area contributed by atoms with Crippen molar-refractivity contribution in [3.8, 4) is 23.4 Å². The molecule has 0 bridgehead atoms. The van der Waals surface area contributed by atoms with Crippen LogP contribution >= 0.6 is 0 Å². The van der Waals surface area contributed by atoms with E-state index in [2.05, 4.69) is 16.3 Å². The number of aromatic hydroxyl groups is 1. The third kappa shape index (κ3) is 2.25. The van der Waals surface area contributed by atoms with Crippen molar-refractivity contribution >= 4 is 0 Å². The quantitative estimate of drug-likeness (QED) is 0.798. The first-order valence-electron chi connectivity index (χ1n) is 7.15. The first-order chi connectivity index (χ1) is 11.1. The van der Waals surface area contributed by atoms with E-state index >= 15 is 0 Å². The van der Waals surface area contributed by atoms with Crippen LogP contribution in [0.5, 0.6) is 17.4 Å². The Bertz CT molecular complexity index is 832. The summed E-state index contributed by atoms with van der Waals surface area (Å²) in [6.07, 6.45) is 0. The molecule has 0 amide bonds. The van der Waals surface area contributed by atoms with Crippen LogP contribution in [-0.2, 0) is 0 Å². The van der Waals surface area contributed by atoms with Gasteiger partial charge in [0.15, 0.2) is 11.5 Å². The highest BCUT2D eigenvalue weighted by molar-refractivity contribution is 5.60. The Kier molecular flexibility index (Phi) is 3.58. The summed E-state index contributed by atoms with van der Waals surface area (Å²) in [7, 11) is 0. The van der Waals surface area contributed by atoms with E-state index in [0.29, 0.717) is 29.4 Å². The van der Waals surface area contributed by atoms with Crippen molar-refractivity contribution in [2.75, 3.05) is 6.61 Å². The zero-order chi connectivity index (χ0) is 16.6. The van der Waals surface area contributed by atoms with Crippen LogP contribution in [0.2, 0.25) is 0 Å². The van der Waals surface area contributed by atoms with Gasteiger partial charge >= 0.3 is 0 Å². The summed E-state index contributed by atoms with van der Waals surface area (Å²) < 4.78 is 10.8. The number of nitrogens with two attached hydrogens (primary N) is 1. The molecule has 0 saturated heterocycles. The average Bonchev–Trinajstić information content (AvgIpc) is 2.89. The number of allylic oxidation sites excluding steroid dienone is 1. The fourth-order valence-electron chi connectivity index (χ4n) is 2.75. The van der Waals surface area contributed by atoms with Crippen molar-refractivity contribution in [2.45, 2.75) is 19.8 Å². The maximum atomic E-state index is 10.6. The molecule has 23 heavy (non-hydrogen) atoms. The molecule has 3 rings (SSSR count). The third-order valence-electron chi connectivity index (χ3n) is 3.77. The van der Waals surface area contributed by atoms with Crippen molar-refractivity contribution in [1.82, 2.24) is 10.2 Å². The number of para-hydroxylation sites is 1. The number of aromatic amines is 1. The summed E-state index contributed by atoms with van der Waals surface area (Å²) in [4.78, 5) is 0. The number of nitrogens with zero attached hydrogens (tertiary/aromatic N) is 2. The third-order valence-corrected chi connectivity index (χ3v) is 3.77. The molecule has 0 spiro atoms. The number of fused-ring (bicyclic) bond motifs is 1. The highest BCUT2D eigenvalue weighted by Gasteiger charge is 2.36. The monoisotopic (exact) mass is 312 g/mol. The summed E-state index contributed by atoms with van der Waals surface area (Å²) in [6.45, 7) is 4.07. The summed E-state index contributed by atoms with van der Waals surface area (Å²) in [5.74, 6) is 0.0641. The molecule has 1 aromatic heterocycles. The Morgan fingerprint density at radius 2 is 2.30 bits per heavy atom. The fraction of sp³-hybridized carbons (Fsp3) is 0.250. The van der Waals surface area contributed by atoms with Gasteiger partial charge in [0.25, 0.3) is 0 Å². The van der Waals surface area contributed by atoms with Gasteiger partial charge in [-0.05, 0) is 19.9 Å². The number of nitriles is 1. The lowest BCUT2D eigenvalue weighted by atomic mass is 9.83. The molecule has 0 aliphatic carbocycles. The summed E-state index contributed by atoms with van der Waals surface area (Å²) in [6, 6.07) is 7.24. The van der Waals surface area contributed by atoms with E-state index < -0.39 is 5.92 Å². The second-order valence-corrected chi connectivity index (χ2v) is 5.12. The van der Waals surface area contributed by atoms with Gasteiger partial charge in [-0.25, -0.2) is 0 Å². The minimum absolute atomic E-state index is 0.0160. The smallest absolute Gasteiger partial charge is 0.244 e. The van der Waals surface area contributed by atoms with Gasteiger partial charge in [-0.3, -0.25) is 5.10 Å². The van der Waals surface area contributed by atoms with Crippen LogP contribution < -0.4 is 15.2 Å². The summed E-state index contributed by atoms with van der Waals surface area (Å²) in [5.41, 5.74) is 8.02. The largest absolute Gasteiger partial charge is 0.504 e. The number of benzene rings is 1. The molecule has 0 fully saturated rings. The first-order valence-corrected chi connectivity index (χ1v) is 7.15. The number of phenols is 1. The molecule has 1 aliphatic rings. The van der Waals surface area contributed by atoms with Crippen molar-refractivity contribution in [3.05, 3.63) is 46.5 Å². The van der Waals surface area contributed by atoms with Crippen molar-refractivity contribution < 1.29 is 14.6 Å². The van der Waals surface area contributed by atoms with E-state index in [0.717, 1.165) is 5.69 Å². The molecule has 1 aromatic carbocycles. The lowest BCUT2D eigenvalue weighted by molar-refractivity contribution is 0.316. The minimum Gasteiger partial charge on any atom is -0.504 e. The zero-order valence-electron chi connectivity index (χ0n) is 12.8. The van der Waals surface area contributed by atoms with Gasteiger partial charge in [0.2, 0.25) is 11.8 Å². The maximum absolute atomic E-state index is 10.6. The minimum atomic E-state index is -0.567. The Hall–Kier alpha value is -3.14. The number of nitrogens with one attached hydrogen (secondary N) is 1. The van der Waals surface area contributed by atoms with Gasteiger partial charge < -0.3 is 20.3 Å². The molecule has 1 atom stereocenters. The second kappa shape index (κ2) is 5.57. The maximum Gasteiger partial charge on any atom is 0.244 e. The number of hydrogen-bond acceptors (Lipinski definition) is 6. The van der Waals surface area contributed by atoms with E-state index in [-0.39, 0.29) is 17.2 Å². The van der Waals surface area contributed by atoms with Crippen LogP contribution in [0, 0.1) is 18.3 Å². The molecule has 0 unspecified atom stereocenters. The number of phenolic OH excluding ortho intramolecular Hbond substituents is 1. The Balaban J connectivity index is 2.23. The predicted octanol–water partition coefficient (Wildman–Crippen LogP) is 2.04. The Morgan fingerprint density at radius 3 is 3.00 bits per heavy atom. The normalized spacial score (nSPS) is 16.5. The molecule has 2 heterocycles. The van der Waals surface area contributed by atoms with E-state index in [9.17, 15) is 10.4 Å². The number of aryl methyl sites for hydroxylation is 1. The van der Waals surface area contributed by atoms with E-state index in [4.69, 9.17) is 15.2 Å². The Morgan fingerprint density at radius 1 is 1.52 bits per heavy atom. The zero-order valence-corrected chi connectivity index (χ0v) is 12.8. The first kappa shape index (κ1) is 14.8. The molecule has 7 nitrogen and oxygen atoms in total. The molecular weight excluding hydrogens is 296 g/mol. The van der Waals surface area contributed by atoms with Crippen LogP contribution in [-0.4, -0.2) is 21.9 Å². The molecule has 0 saturated carbocycles. The standard InChI is InChI=1S/C16H16N4O3/c1-3-22-11-6-4-5-9(14(11)21)13-10(7-17)15(18)23-16-12(13)8(2)19-20-16/h4-6,13,21H,3,18H2,1-2H3,(H,19,20)/t13-/m1/s1. The molecule has 118 valence electrons. The number of H-pyrrole nitrogens is 1. The molecule has 0 radical (unpaired) electrons. The van der Waals surface area contributed by atoms with Crippen LogP contribution in [0.1, 0.15) is 29.7 Å². The van der Waals surface area contributed by atoms with Gasteiger partial charge in [-0.1, -0.05) is 12.1 Å². The topological polar surface area (TPSA) is 117 Å². The molecule has 2 aromatic rings. The van der Waals surface area contributed by atoms with Gasteiger partial charge in [0, 0.05) is 16.8 Å². The predicted molar refractivity (Wildman–Crippen MR) is 81.9 cm³/mol. The number of rotatable bonds is 3. The molecule has 7 heteroatoms.